The summed E-state index contributed by atoms with van der Waals surface area (Å²) in [6.07, 6.45) is 75.3. The second-order valence-electron chi connectivity index (χ2n) is 18.9. The summed E-state index contributed by atoms with van der Waals surface area (Å²) in [5, 5.41) is 0. The van der Waals surface area contributed by atoms with Crippen LogP contribution in [0.2, 0.25) is 0 Å². The number of ether oxygens (including phenoxy) is 3. The van der Waals surface area contributed by atoms with Gasteiger partial charge in [-0.2, -0.15) is 0 Å². The largest absolute Gasteiger partial charge is 0.462 e. The molecule has 394 valence electrons. The van der Waals surface area contributed by atoms with Crippen LogP contribution in [0.1, 0.15) is 265 Å². The molecular formula is C63H106O6. The van der Waals surface area contributed by atoms with Crippen molar-refractivity contribution in [2.24, 2.45) is 0 Å². The van der Waals surface area contributed by atoms with E-state index in [1.165, 1.54) is 122 Å². The molecule has 0 heterocycles. The molecule has 0 amide bonds. The number of hydrogen-bond donors (Lipinski definition) is 0. The first-order chi connectivity index (χ1) is 34.0. The van der Waals surface area contributed by atoms with Gasteiger partial charge in [0.25, 0.3) is 0 Å². The van der Waals surface area contributed by atoms with Crippen LogP contribution < -0.4 is 0 Å². The molecule has 0 aliphatic carbocycles. The number of carbonyl (C=O) groups is 3. The third-order valence-corrected chi connectivity index (χ3v) is 12.2. The first-order valence-electron chi connectivity index (χ1n) is 28.8. The van der Waals surface area contributed by atoms with E-state index in [1.807, 2.05) is 0 Å². The standard InChI is InChI=1S/C63H106O6/c1-4-7-10-13-16-19-22-25-28-30-32-34-35-38-41-44-47-50-53-56-62(65)68-59-60(58-67-61(64)55-52-49-46-43-40-37-27-24-21-18-15-12-9-6-3)69-63(66)57-54-51-48-45-42-39-36-33-31-29-26-23-20-17-14-11-8-5-2/h9,12,16-23,25-26,29,31,33,36,60H,4-8,10-11,13-15,24,27-28,30,32,34-35,37-59H2,1-3H3/b12-9-,19-16-,20-17-,21-18-,25-22-,26-23-,31-29-,36-33-. The molecule has 0 aromatic heterocycles. The fraction of sp³-hybridized carbons (Fsp3) is 0.698. The Morgan fingerprint density at radius 2 is 0.623 bits per heavy atom. The highest BCUT2D eigenvalue weighted by Crippen LogP contribution is 2.15. The number of allylic oxidation sites excluding steroid dienone is 16. The van der Waals surface area contributed by atoms with E-state index in [2.05, 4.69) is 118 Å². The van der Waals surface area contributed by atoms with E-state index in [4.69, 9.17) is 14.2 Å². The topological polar surface area (TPSA) is 78.9 Å². The van der Waals surface area contributed by atoms with Crippen molar-refractivity contribution in [3.63, 3.8) is 0 Å². The molecule has 1 unspecified atom stereocenters. The minimum Gasteiger partial charge on any atom is -0.462 e. The lowest BCUT2D eigenvalue weighted by Gasteiger charge is -2.18. The molecule has 1 atom stereocenters. The molecule has 0 rings (SSSR count). The second kappa shape index (κ2) is 56.9. The van der Waals surface area contributed by atoms with Crippen molar-refractivity contribution >= 4 is 17.9 Å². The van der Waals surface area contributed by atoms with Gasteiger partial charge in [0.15, 0.2) is 6.10 Å². The molecule has 6 heteroatoms. The summed E-state index contributed by atoms with van der Waals surface area (Å²) in [5.74, 6) is -0.923. The summed E-state index contributed by atoms with van der Waals surface area (Å²) in [5.41, 5.74) is 0. The SMILES string of the molecule is CC/C=C\C/C=C\CCCCCCCCCC(=O)OCC(COC(=O)CCCCCCCCCCCC/C=C\C=C/CCCCC)OC(=O)CCCCCCC\C=C/C=C\C=C/C=C\CCCCC. The lowest BCUT2D eigenvalue weighted by molar-refractivity contribution is -0.167. The van der Waals surface area contributed by atoms with Crippen LogP contribution in [0.15, 0.2) is 97.2 Å². The zero-order chi connectivity index (χ0) is 50.0. The Bertz CT molecular complexity index is 1380. The Balaban J connectivity index is 4.44. The van der Waals surface area contributed by atoms with Gasteiger partial charge in [0, 0.05) is 19.3 Å². The van der Waals surface area contributed by atoms with Gasteiger partial charge in [0.05, 0.1) is 0 Å². The molecule has 0 aromatic carbocycles. The van der Waals surface area contributed by atoms with E-state index in [0.29, 0.717) is 19.3 Å². The summed E-state index contributed by atoms with van der Waals surface area (Å²) in [6, 6.07) is 0. The van der Waals surface area contributed by atoms with Gasteiger partial charge in [-0.15, -0.1) is 0 Å². The van der Waals surface area contributed by atoms with Crippen molar-refractivity contribution in [3.05, 3.63) is 97.2 Å². The molecular weight excluding hydrogens is 853 g/mol. The molecule has 0 aliphatic rings. The van der Waals surface area contributed by atoms with Crippen LogP contribution in [-0.4, -0.2) is 37.2 Å². The van der Waals surface area contributed by atoms with Crippen molar-refractivity contribution in [3.8, 4) is 0 Å². The molecule has 0 radical (unpaired) electrons. The third-order valence-electron chi connectivity index (χ3n) is 12.2. The normalized spacial score (nSPS) is 12.8. The Morgan fingerprint density at radius 1 is 0.319 bits per heavy atom. The molecule has 0 aromatic rings. The van der Waals surface area contributed by atoms with E-state index < -0.39 is 6.10 Å². The number of hydrogen-bond acceptors (Lipinski definition) is 6. The molecule has 6 nitrogen and oxygen atoms in total. The highest BCUT2D eigenvalue weighted by atomic mass is 16.6. The monoisotopic (exact) mass is 959 g/mol. The molecule has 0 bridgehead atoms. The highest BCUT2D eigenvalue weighted by Gasteiger charge is 2.19. The molecule has 0 spiro atoms. The summed E-state index contributed by atoms with van der Waals surface area (Å²) in [6.45, 7) is 6.45. The first kappa shape index (κ1) is 65.3. The zero-order valence-corrected chi connectivity index (χ0v) is 45.0. The van der Waals surface area contributed by atoms with E-state index in [9.17, 15) is 14.4 Å². The number of rotatable bonds is 51. The Labute approximate surface area is 426 Å². The van der Waals surface area contributed by atoms with Gasteiger partial charge in [0.2, 0.25) is 0 Å². The van der Waals surface area contributed by atoms with Gasteiger partial charge in [-0.25, -0.2) is 0 Å². The number of carbonyl (C=O) groups excluding carboxylic acids is 3. The fourth-order valence-corrected chi connectivity index (χ4v) is 7.84. The van der Waals surface area contributed by atoms with E-state index >= 15 is 0 Å². The van der Waals surface area contributed by atoms with E-state index in [0.717, 1.165) is 103 Å². The van der Waals surface area contributed by atoms with Crippen LogP contribution >= 0.6 is 0 Å². The van der Waals surface area contributed by atoms with Gasteiger partial charge in [-0.1, -0.05) is 246 Å². The lowest BCUT2D eigenvalue weighted by Crippen LogP contribution is -2.30. The van der Waals surface area contributed by atoms with Gasteiger partial charge >= 0.3 is 17.9 Å². The van der Waals surface area contributed by atoms with E-state index in [-0.39, 0.29) is 31.1 Å². The van der Waals surface area contributed by atoms with Crippen molar-refractivity contribution in [2.45, 2.75) is 271 Å². The first-order valence-corrected chi connectivity index (χ1v) is 28.8. The Morgan fingerprint density at radius 3 is 1.01 bits per heavy atom. The Hall–Kier alpha value is -3.67. The maximum absolute atomic E-state index is 12.9. The smallest absolute Gasteiger partial charge is 0.306 e. The summed E-state index contributed by atoms with van der Waals surface area (Å²) in [7, 11) is 0. The van der Waals surface area contributed by atoms with E-state index in [1.54, 1.807) is 0 Å². The Kier molecular flexibility index (Phi) is 53.9. The van der Waals surface area contributed by atoms with Crippen LogP contribution in [0.4, 0.5) is 0 Å². The molecule has 0 aliphatic heterocycles. The second-order valence-corrected chi connectivity index (χ2v) is 18.9. The van der Waals surface area contributed by atoms with Crippen LogP contribution in [-0.2, 0) is 28.6 Å². The van der Waals surface area contributed by atoms with Crippen molar-refractivity contribution < 1.29 is 28.6 Å². The molecule has 69 heavy (non-hydrogen) atoms. The summed E-state index contributed by atoms with van der Waals surface area (Å²) < 4.78 is 16.8. The predicted octanol–water partition coefficient (Wildman–Crippen LogP) is 19.3. The van der Waals surface area contributed by atoms with Crippen LogP contribution in [0, 0.1) is 0 Å². The molecule has 0 fully saturated rings. The lowest BCUT2D eigenvalue weighted by atomic mass is 10.1. The maximum Gasteiger partial charge on any atom is 0.306 e. The number of esters is 3. The average Bonchev–Trinajstić information content (AvgIpc) is 3.35. The zero-order valence-electron chi connectivity index (χ0n) is 45.0. The quantitative estimate of drug-likeness (QED) is 0.0199. The minimum atomic E-state index is -0.796. The average molecular weight is 960 g/mol. The molecule has 0 saturated heterocycles. The summed E-state index contributed by atoms with van der Waals surface area (Å²) in [4.78, 5) is 38.2. The van der Waals surface area contributed by atoms with Gasteiger partial charge in [0.1, 0.15) is 13.2 Å². The van der Waals surface area contributed by atoms with Crippen LogP contribution in [0.5, 0.6) is 0 Å². The van der Waals surface area contributed by atoms with Gasteiger partial charge in [-0.05, 0) is 96.3 Å². The molecule has 0 saturated carbocycles. The van der Waals surface area contributed by atoms with Gasteiger partial charge in [-0.3, -0.25) is 14.4 Å². The van der Waals surface area contributed by atoms with Crippen molar-refractivity contribution in [2.75, 3.05) is 13.2 Å². The fourth-order valence-electron chi connectivity index (χ4n) is 7.84. The van der Waals surface area contributed by atoms with Crippen LogP contribution in [0.3, 0.4) is 0 Å². The van der Waals surface area contributed by atoms with Crippen molar-refractivity contribution in [1.29, 1.82) is 0 Å². The van der Waals surface area contributed by atoms with Gasteiger partial charge < -0.3 is 14.2 Å². The predicted molar refractivity (Wildman–Crippen MR) is 297 cm³/mol. The number of unbranched alkanes of at least 4 members (excludes halogenated alkanes) is 28. The highest BCUT2D eigenvalue weighted by molar-refractivity contribution is 5.71. The maximum atomic E-state index is 12.9. The summed E-state index contributed by atoms with van der Waals surface area (Å²) >= 11 is 0. The minimum absolute atomic E-state index is 0.0921. The third kappa shape index (κ3) is 55.1. The van der Waals surface area contributed by atoms with Crippen molar-refractivity contribution in [1.82, 2.24) is 0 Å². The molecule has 0 N–H and O–H groups in total. The van der Waals surface area contributed by atoms with Crippen LogP contribution in [0.25, 0.3) is 0 Å².